The minimum atomic E-state index is -0.552. The first-order valence-electron chi connectivity index (χ1n) is 8.44. The molecule has 1 fully saturated rings. The molecule has 2 heterocycles. The van der Waals surface area contributed by atoms with E-state index in [1.807, 2.05) is 22.9 Å². The average Bonchev–Trinajstić information content (AvgIpc) is 3.00. The summed E-state index contributed by atoms with van der Waals surface area (Å²) in [6, 6.07) is 3.50. The number of ether oxygens (including phenoxy) is 1. The van der Waals surface area contributed by atoms with Crippen molar-refractivity contribution in [1.29, 1.82) is 0 Å². The summed E-state index contributed by atoms with van der Waals surface area (Å²) in [6.07, 6.45) is 7.51. The molecule has 6 heteroatoms. The van der Waals surface area contributed by atoms with Crippen LogP contribution in [-0.2, 0) is 20.9 Å². The Morgan fingerprint density at radius 1 is 1.35 bits per heavy atom. The molecule has 1 unspecified atom stereocenters. The second-order valence-electron chi connectivity index (χ2n) is 6.39. The highest BCUT2D eigenvalue weighted by Crippen LogP contribution is 2.28. The average molecular weight is 319 g/mol. The number of carbonyl (C=O) groups is 2. The molecule has 23 heavy (non-hydrogen) atoms. The van der Waals surface area contributed by atoms with Gasteiger partial charge in [-0.15, -0.1) is 0 Å². The van der Waals surface area contributed by atoms with Crippen LogP contribution >= 0.6 is 0 Å². The maximum atomic E-state index is 12.9. The number of hydrogen-bond acceptors (Lipinski definition) is 3. The number of amides is 2. The van der Waals surface area contributed by atoms with Crippen molar-refractivity contribution in [3.05, 3.63) is 24.0 Å². The molecule has 0 radical (unpaired) electrons. The Labute approximate surface area is 136 Å². The van der Waals surface area contributed by atoms with E-state index in [1.165, 1.54) is 6.42 Å². The molecule has 1 atom stereocenters. The molecule has 0 spiro atoms. The van der Waals surface area contributed by atoms with E-state index in [-0.39, 0.29) is 17.9 Å². The lowest BCUT2D eigenvalue weighted by atomic mass is 9.95. The van der Waals surface area contributed by atoms with Gasteiger partial charge in [-0.3, -0.25) is 9.59 Å². The third-order valence-corrected chi connectivity index (χ3v) is 4.82. The lowest BCUT2D eigenvalue weighted by Crippen LogP contribution is -2.51. The summed E-state index contributed by atoms with van der Waals surface area (Å²) in [6.45, 7) is 1.15. The van der Waals surface area contributed by atoms with Crippen molar-refractivity contribution in [2.45, 2.75) is 50.7 Å². The topological polar surface area (TPSA) is 63.6 Å². The molecule has 0 bridgehead atoms. The van der Waals surface area contributed by atoms with Crippen LogP contribution in [0.5, 0.6) is 0 Å². The van der Waals surface area contributed by atoms with Crippen LogP contribution in [0.2, 0.25) is 0 Å². The van der Waals surface area contributed by atoms with Gasteiger partial charge in [0.05, 0.1) is 12.3 Å². The minimum absolute atomic E-state index is 0.0328. The Morgan fingerprint density at radius 2 is 2.13 bits per heavy atom. The van der Waals surface area contributed by atoms with Gasteiger partial charge < -0.3 is 19.5 Å². The predicted molar refractivity (Wildman–Crippen MR) is 85.8 cm³/mol. The summed E-state index contributed by atoms with van der Waals surface area (Å²) in [5, 5.41) is 3.16. The monoisotopic (exact) mass is 319 g/mol. The normalized spacial score (nSPS) is 22.0. The molecule has 6 nitrogen and oxygen atoms in total. The molecule has 1 aromatic rings. The van der Waals surface area contributed by atoms with Crippen LogP contribution in [0, 0.1) is 0 Å². The van der Waals surface area contributed by atoms with Crippen LogP contribution in [0.15, 0.2) is 18.3 Å². The molecule has 1 aliphatic carbocycles. The van der Waals surface area contributed by atoms with Crippen LogP contribution < -0.4 is 5.32 Å². The highest BCUT2D eigenvalue weighted by atomic mass is 16.5. The molecular formula is C17H25N3O3. The quantitative estimate of drug-likeness (QED) is 0.894. The van der Waals surface area contributed by atoms with Crippen molar-refractivity contribution in [2.24, 2.45) is 0 Å². The summed E-state index contributed by atoms with van der Waals surface area (Å²) < 4.78 is 6.98. The summed E-state index contributed by atoms with van der Waals surface area (Å²) in [7, 11) is 1.61. The number of rotatable bonds is 5. The highest BCUT2D eigenvalue weighted by Gasteiger charge is 2.37. The maximum Gasteiger partial charge on any atom is 0.249 e. The smallest absolute Gasteiger partial charge is 0.249 e. The fourth-order valence-corrected chi connectivity index (χ4v) is 3.61. The van der Waals surface area contributed by atoms with Gasteiger partial charge in [0.1, 0.15) is 6.54 Å². The SMILES string of the molecule is COCCN1C(=O)Cn2cccc2C1C(=O)NC1CCCCC1. The Morgan fingerprint density at radius 3 is 2.87 bits per heavy atom. The molecule has 2 amide bonds. The lowest BCUT2D eigenvalue weighted by molar-refractivity contribution is -0.144. The predicted octanol–water partition coefficient (Wildman–Crippen LogP) is 1.47. The standard InChI is InChI=1S/C17H25N3O3/c1-23-11-10-20-15(21)12-19-9-5-8-14(19)16(20)17(22)18-13-6-3-2-4-7-13/h5,8-9,13,16H,2-4,6-7,10-12H2,1H3,(H,18,22). The zero-order valence-corrected chi connectivity index (χ0v) is 13.7. The van der Waals surface area contributed by atoms with Crippen LogP contribution in [0.3, 0.4) is 0 Å². The van der Waals surface area contributed by atoms with Gasteiger partial charge in [-0.2, -0.15) is 0 Å². The summed E-state index contributed by atoms with van der Waals surface area (Å²) in [5.41, 5.74) is 0.883. The van der Waals surface area contributed by atoms with Crippen molar-refractivity contribution >= 4 is 11.8 Å². The lowest BCUT2D eigenvalue weighted by Gasteiger charge is -2.37. The molecular weight excluding hydrogens is 294 g/mol. The molecule has 1 saturated carbocycles. The van der Waals surface area contributed by atoms with Gasteiger partial charge in [0.25, 0.3) is 0 Å². The van der Waals surface area contributed by atoms with E-state index in [4.69, 9.17) is 4.74 Å². The number of fused-ring (bicyclic) bond motifs is 1. The van der Waals surface area contributed by atoms with E-state index >= 15 is 0 Å². The first-order valence-corrected chi connectivity index (χ1v) is 8.44. The van der Waals surface area contributed by atoms with Gasteiger partial charge in [-0.25, -0.2) is 0 Å². The van der Waals surface area contributed by atoms with Gasteiger partial charge in [-0.1, -0.05) is 19.3 Å². The summed E-state index contributed by atoms with van der Waals surface area (Å²) >= 11 is 0. The van der Waals surface area contributed by atoms with Gasteiger partial charge in [-0.05, 0) is 25.0 Å². The molecule has 1 aliphatic heterocycles. The van der Waals surface area contributed by atoms with Crippen molar-refractivity contribution in [3.8, 4) is 0 Å². The van der Waals surface area contributed by atoms with Crippen LogP contribution in [-0.4, -0.2) is 47.6 Å². The Bertz CT molecular complexity index is 563. The van der Waals surface area contributed by atoms with Crippen molar-refractivity contribution in [1.82, 2.24) is 14.8 Å². The maximum absolute atomic E-state index is 12.9. The summed E-state index contributed by atoms with van der Waals surface area (Å²) in [4.78, 5) is 27.0. The fourth-order valence-electron chi connectivity index (χ4n) is 3.61. The van der Waals surface area contributed by atoms with Crippen LogP contribution in [0.25, 0.3) is 0 Å². The number of aromatic nitrogens is 1. The Balaban J connectivity index is 1.79. The van der Waals surface area contributed by atoms with Crippen LogP contribution in [0.1, 0.15) is 43.8 Å². The largest absolute Gasteiger partial charge is 0.383 e. The summed E-state index contributed by atoms with van der Waals surface area (Å²) in [5.74, 6) is -0.101. The molecule has 1 N–H and O–H groups in total. The Kier molecular flexibility index (Phi) is 5.00. The van der Waals surface area contributed by atoms with Crippen molar-refractivity contribution in [3.63, 3.8) is 0 Å². The van der Waals surface area contributed by atoms with Gasteiger partial charge in [0, 0.05) is 25.9 Å². The van der Waals surface area contributed by atoms with Gasteiger partial charge in [0.2, 0.25) is 11.8 Å². The molecule has 126 valence electrons. The number of nitrogens with zero attached hydrogens (tertiary/aromatic N) is 2. The second-order valence-corrected chi connectivity index (χ2v) is 6.39. The number of methoxy groups -OCH3 is 1. The third-order valence-electron chi connectivity index (χ3n) is 4.82. The zero-order valence-electron chi connectivity index (χ0n) is 13.7. The first-order chi connectivity index (χ1) is 11.2. The number of nitrogens with one attached hydrogen (secondary N) is 1. The number of carbonyl (C=O) groups excluding carboxylic acids is 2. The zero-order chi connectivity index (χ0) is 16.2. The van der Waals surface area contributed by atoms with Crippen molar-refractivity contribution in [2.75, 3.05) is 20.3 Å². The number of hydrogen-bond donors (Lipinski definition) is 1. The molecule has 2 aliphatic rings. The molecule has 0 aromatic carbocycles. The second kappa shape index (κ2) is 7.17. The highest BCUT2D eigenvalue weighted by molar-refractivity contribution is 5.90. The van der Waals surface area contributed by atoms with Gasteiger partial charge >= 0.3 is 0 Å². The van der Waals surface area contributed by atoms with E-state index < -0.39 is 6.04 Å². The first kappa shape index (κ1) is 16.1. The Hall–Kier alpha value is -1.82. The van der Waals surface area contributed by atoms with E-state index in [0.29, 0.717) is 19.7 Å². The van der Waals surface area contributed by atoms with Gasteiger partial charge in [0.15, 0.2) is 6.04 Å². The van der Waals surface area contributed by atoms with E-state index in [0.717, 1.165) is 31.4 Å². The van der Waals surface area contributed by atoms with Crippen LogP contribution in [0.4, 0.5) is 0 Å². The van der Waals surface area contributed by atoms with E-state index in [2.05, 4.69) is 5.32 Å². The molecule has 0 saturated heterocycles. The fraction of sp³-hybridized carbons (Fsp3) is 0.647. The van der Waals surface area contributed by atoms with E-state index in [9.17, 15) is 9.59 Å². The molecule has 1 aromatic heterocycles. The van der Waals surface area contributed by atoms with Crippen molar-refractivity contribution < 1.29 is 14.3 Å². The third kappa shape index (κ3) is 3.42. The van der Waals surface area contributed by atoms with E-state index in [1.54, 1.807) is 12.0 Å². The minimum Gasteiger partial charge on any atom is -0.383 e. The molecule has 3 rings (SSSR count).